The standard InChI is InChI=1S/C24H36O2S2.C2H6/c1-9-12-20(27-19(11-3)16(4)5)23-18(13-14-22(25)26)15-21(28-23)24(7,8)17(6)10-2;1-2/h10-12,15-16H,9,13-14H2,1-8H3,(H,25,26);1-2H3/b17-10+,19-11-,20-12-;. The topological polar surface area (TPSA) is 37.3 Å². The molecule has 0 aliphatic heterocycles. The number of carboxylic acid groups (broad SMARTS) is 1. The average Bonchev–Trinajstić information content (AvgIpc) is 3.15. The summed E-state index contributed by atoms with van der Waals surface area (Å²) < 4.78 is 0. The van der Waals surface area contributed by atoms with E-state index in [-0.39, 0.29) is 11.8 Å². The highest BCUT2D eigenvalue weighted by molar-refractivity contribution is 8.12. The molecule has 0 atom stereocenters. The molecular weight excluding hydrogens is 408 g/mol. The van der Waals surface area contributed by atoms with Crippen LogP contribution in [-0.4, -0.2) is 11.1 Å². The third-order valence-electron chi connectivity index (χ3n) is 5.15. The van der Waals surface area contributed by atoms with E-state index in [4.69, 9.17) is 0 Å². The van der Waals surface area contributed by atoms with Gasteiger partial charge in [-0.15, -0.1) is 11.3 Å². The molecule has 0 aromatic carbocycles. The Balaban J connectivity index is 0.00000407. The predicted molar refractivity (Wildman–Crippen MR) is 139 cm³/mol. The molecule has 0 amide bonds. The zero-order valence-corrected chi connectivity index (χ0v) is 22.3. The summed E-state index contributed by atoms with van der Waals surface area (Å²) in [5.74, 6) is -0.272. The zero-order chi connectivity index (χ0) is 23.5. The summed E-state index contributed by atoms with van der Waals surface area (Å²) in [7, 11) is 0. The van der Waals surface area contributed by atoms with Gasteiger partial charge in [0, 0.05) is 26.5 Å². The highest BCUT2D eigenvalue weighted by Crippen LogP contribution is 2.46. The average molecular weight is 451 g/mol. The maximum absolute atomic E-state index is 11.2. The van der Waals surface area contributed by atoms with E-state index < -0.39 is 5.97 Å². The fourth-order valence-electron chi connectivity index (χ4n) is 2.93. The normalized spacial score (nSPS) is 13.4. The number of carboxylic acids is 1. The predicted octanol–water partition coefficient (Wildman–Crippen LogP) is 9.08. The van der Waals surface area contributed by atoms with Crippen molar-refractivity contribution < 1.29 is 9.90 Å². The van der Waals surface area contributed by atoms with Gasteiger partial charge in [0.1, 0.15) is 0 Å². The van der Waals surface area contributed by atoms with Gasteiger partial charge in [-0.25, -0.2) is 0 Å². The Morgan fingerprint density at radius 2 is 1.83 bits per heavy atom. The van der Waals surface area contributed by atoms with Crippen LogP contribution in [0.1, 0.15) is 97.4 Å². The van der Waals surface area contributed by atoms with Crippen LogP contribution in [-0.2, 0) is 16.6 Å². The molecule has 0 aliphatic carbocycles. The highest BCUT2D eigenvalue weighted by Gasteiger charge is 2.27. The van der Waals surface area contributed by atoms with Crippen molar-refractivity contribution in [2.45, 2.75) is 93.9 Å². The number of allylic oxidation sites excluding steroid dienone is 5. The first-order chi connectivity index (χ1) is 14.1. The molecule has 1 N–H and O–H groups in total. The van der Waals surface area contributed by atoms with Crippen LogP contribution in [0.25, 0.3) is 4.91 Å². The zero-order valence-electron chi connectivity index (χ0n) is 20.7. The number of carbonyl (C=O) groups is 1. The number of thioether (sulfide) groups is 1. The second kappa shape index (κ2) is 13.9. The molecule has 0 saturated heterocycles. The van der Waals surface area contributed by atoms with Crippen molar-refractivity contribution in [2.24, 2.45) is 5.92 Å². The smallest absolute Gasteiger partial charge is 0.303 e. The second-order valence-electron chi connectivity index (χ2n) is 7.88. The minimum atomic E-state index is -0.743. The Morgan fingerprint density at radius 3 is 2.27 bits per heavy atom. The Labute approximate surface area is 193 Å². The number of aryl methyl sites for hydroxylation is 1. The lowest BCUT2D eigenvalue weighted by molar-refractivity contribution is -0.136. The molecule has 0 bridgehead atoms. The second-order valence-corrected chi connectivity index (χ2v) is 10.0. The molecule has 0 fully saturated rings. The molecule has 1 rings (SSSR count). The maximum Gasteiger partial charge on any atom is 0.303 e. The molecule has 170 valence electrons. The lowest BCUT2D eigenvalue weighted by atomic mass is 9.83. The van der Waals surface area contributed by atoms with E-state index in [1.165, 1.54) is 25.1 Å². The largest absolute Gasteiger partial charge is 0.481 e. The molecule has 0 aliphatic rings. The van der Waals surface area contributed by atoms with Gasteiger partial charge < -0.3 is 5.11 Å². The number of hydrogen-bond donors (Lipinski definition) is 1. The van der Waals surface area contributed by atoms with E-state index in [2.05, 4.69) is 79.7 Å². The van der Waals surface area contributed by atoms with E-state index >= 15 is 0 Å². The molecule has 1 heterocycles. The van der Waals surface area contributed by atoms with Crippen LogP contribution >= 0.6 is 23.1 Å². The molecule has 1 aromatic rings. The molecular formula is C26H42O2S2. The van der Waals surface area contributed by atoms with Gasteiger partial charge in [-0.1, -0.05) is 84.0 Å². The molecule has 1 aromatic heterocycles. The van der Waals surface area contributed by atoms with Crippen molar-refractivity contribution >= 4 is 34.0 Å². The quantitative estimate of drug-likeness (QED) is 0.361. The highest BCUT2D eigenvalue weighted by atomic mass is 32.2. The van der Waals surface area contributed by atoms with Gasteiger partial charge >= 0.3 is 5.97 Å². The van der Waals surface area contributed by atoms with E-state index in [1.807, 2.05) is 36.9 Å². The van der Waals surface area contributed by atoms with Gasteiger partial charge in [-0.2, -0.15) is 0 Å². The fraction of sp³-hybridized carbons (Fsp3) is 0.577. The molecule has 0 spiro atoms. The summed E-state index contributed by atoms with van der Waals surface area (Å²) >= 11 is 3.66. The number of thiophene rings is 1. The van der Waals surface area contributed by atoms with Crippen LogP contribution in [0.15, 0.2) is 34.8 Å². The molecule has 0 unspecified atom stereocenters. The minimum absolute atomic E-state index is 0.0564. The summed E-state index contributed by atoms with van der Waals surface area (Å²) in [4.78, 5) is 16.4. The van der Waals surface area contributed by atoms with E-state index in [0.29, 0.717) is 12.3 Å². The van der Waals surface area contributed by atoms with Crippen molar-refractivity contribution in [3.8, 4) is 0 Å². The molecule has 0 saturated carbocycles. The fourth-order valence-corrected chi connectivity index (χ4v) is 5.58. The van der Waals surface area contributed by atoms with Gasteiger partial charge in [-0.3, -0.25) is 4.79 Å². The summed E-state index contributed by atoms with van der Waals surface area (Å²) in [5, 5.41) is 9.22. The van der Waals surface area contributed by atoms with Crippen molar-refractivity contribution in [1.29, 1.82) is 0 Å². The van der Waals surface area contributed by atoms with E-state index in [0.717, 1.165) is 12.0 Å². The van der Waals surface area contributed by atoms with Crippen LogP contribution in [0.2, 0.25) is 0 Å². The molecule has 2 nitrogen and oxygen atoms in total. The van der Waals surface area contributed by atoms with E-state index in [9.17, 15) is 9.90 Å². The lowest BCUT2D eigenvalue weighted by Gasteiger charge is -2.24. The molecule has 30 heavy (non-hydrogen) atoms. The number of hydrogen-bond acceptors (Lipinski definition) is 3. The third-order valence-corrected chi connectivity index (χ3v) is 8.34. The Kier molecular flexibility index (Phi) is 13.3. The minimum Gasteiger partial charge on any atom is -0.481 e. The first-order valence-electron chi connectivity index (χ1n) is 11.1. The summed E-state index contributed by atoms with van der Waals surface area (Å²) in [6.07, 6.45) is 8.34. The summed E-state index contributed by atoms with van der Waals surface area (Å²) in [5.41, 5.74) is 2.43. The Bertz CT molecular complexity index is 762. The number of aliphatic carboxylic acids is 1. The monoisotopic (exact) mass is 450 g/mol. The van der Waals surface area contributed by atoms with Crippen LogP contribution in [0.5, 0.6) is 0 Å². The van der Waals surface area contributed by atoms with Gasteiger partial charge in [0.05, 0.1) is 0 Å². The third kappa shape index (κ3) is 8.11. The summed E-state index contributed by atoms with van der Waals surface area (Å²) in [6.45, 7) is 21.4. The van der Waals surface area contributed by atoms with Crippen molar-refractivity contribution in [3.05, 3.63) is 50.1 Å². The van der Waals surface area contributed by atoms with Crippen LogP contribution in [0.3, 0.4) is 0 Å². The van der Waals surface area contributed by atoms with Gasteiger partial charge in [-0.05, 0) is 56.1 Å². The Morgan fingerprint density at radius 1 is 1.23 bits per heavy atom. The number of rotatable bonds is 10. The van der Waals surface area contributed by atoms with Crippen molar-refractivity contribution in [3.63, 3.8) is 0 Å². The van der Waals surface area contributed by atoms with Gasteiger partial charge in [0.25, 0.3) is 0 Å². The van der Waals surface area contributed by atoms with Gasteiger partial charge in [0.2, 0.25) is 0 Å². The van der Waals surface area contributed by atoms with Crippen LogP contribution in [0, 0.1) is 5.92 Å². The molecule has 4 heteroatoms. The summed E-state index contributed by atoms with van der Waals surface area (Å²) in [6, 6.07) is 2.24. The van der Waals surface area contributed by atoms with Crippen LogP contribution < -0.4 is 0 Å². The van der Waals surface area contributed by atoms with Crippen molar-refractivity contribution in [1.82, 2.24) is 0 Å². The maximum atomic E-state index is 11.2. The van der Waals surface area contributed by atoms with Crippen LogP contribution in [0.4, 0.5) is 0 Å². The first-order valence-corrected chi connectivity index (χ1v) is 12.7. The first kappa shape index (κ1) is 28.7. The van der Waals surface area contributed by atoms with E-state index in [1.54, 1.807) is 0 Å². The lowest BCUT2D eigenvalue weighted by Crippen LogP contribution is -2.16. The molecule has 0 radical (unpaired) electrons. The SMILES string of the molecule is C/C=C(\S/C(=C\CC)c1sc(C(C)(C)/C(C)=C/C)cc1CCC(=O)O)C(C)C.CC. The van der Waals surface area contributed by atoms with Gasteiger partial charge in [0.15, 0.2) is 0 Å². The Hall–Kier alpha value is -1.26. The van der Waals surface area contributed by atoms with Crippen molar-refractivity contribution in [2.75, 3.05) is 0 Å².